The fourth-order valence-electron chi connectivity index (χ4n) is 2.56. The van der Waals surface area contributed by atoms with Gasteiger partial charge in [0.25, 0.3) is 0 Å². The van der Waals surface area contributed by atoms with E-state index in [2.05, 4.69) is 15.9 Å². The molecule has 0 bridgehead atoms. The molecule has 2 atom stereocenters. The van der Waals surface area contributed by atoms with Crippen LogP contribution in [0, 0.1) is 5.82 Å². The van der Waals surface area contributed by atoms with Gasteiger partial charge < -0.3 is 5.73 Å². The Morgan fingerprint density at radius 1 is 1.45 bits per heavy atom. The predicted molar refractivity (Wildman–Crippen MR) is 79.3 cm³/mol. The van der Waals surface area contributed by atoms with Crippen molar-refractivity contribution in [2.24, 2.45) is 5.73 Å². The molecule has 0 aromatic heterocycles. The van der Waals surface area contributed by atoms with E-state index in [4.69, 9.17) is 5.73 Å². The van der Waals surface area contributed by atoms with E-state index in [0.717, 1.165) is 25.3 Å². The first-order chi connectivity index (χ1) is 9.34. The first-order valence-corrected chi connectivity index (χ1v) is 8.80. The maximum atomic E-state index is 13.4. The zero-order chi connectivity index (χ0) is 14.9. The summed E-state index contributed by atoms with van der Waals surface area (Å²) in [7, 11) is -3.74. The van der Waals surface area contributed by atoms with Crippen molar-refractivity contribution in [2.45, 2.75) is 43.2 Å². The minimum absolute atomic E-state index is 0.0370. The Morgan fingerprint density at radius 3 is 2.80 bits per heavy atom. The highest BCUT2D eigenvalue weighted by atomic mass is 79.9. The Morgan fingerprint density at radius 2 is 2.15 bits per heavy atom. The number of sulfonamides is 1. The molecular formula is C13H18BrFN2O2S. The summed E-state index contributed by atoms with van der Waals surface area (Å²) in [6.07, 6.45) is 2.50. The van der Waals surface area contributed by atoms with Gasteiger partial charge in [0, 0.05) is 23.1 Å². The van der Waals surface area contributed by atoms with E-state index in [1.54, 1.807) is 6.92 Å². The Bertz CT molecular complexity index is 592. The molecule has 0 saturated carbocycles. The maximum Gasteiger partial charge on any atom is 0.244 e. The second-order valence-electron chi connectivity index (χ2n) is 5.11. The molecule has 1 heterocycles. The van der Waals surface area contributed by atoms with Gasteiger partial charge in [-0.1, -0.05) is 6.42 Å². The van der Waals surface area contributed by atoms with Gasteiger partial charge in [-0.05, 0) is 53.9 Å². The van der Waals surface area contributed by atoms with Crippen LogP contribution in [0.25, 0.3) is 0 Å². The van der Waals surface area contributed by atoms with Crippen LogP contribution >= 0.6 is 15.9 Å². The molecule has 0 amide bonds. The topological polar surface area (TPSA) is 63.4 Å². The van der Waals surface area contributed by atoms with Gasteiger partial charge in [0.2, 0.25) is 10.0 Å². The van der Waals surface area contributed by atoms with Gasteiger partial charge in [-0.25, -0.2) is 12.8 Å². The molecule has 1 aliphatic heterocycles. The molecule has 1 aliphatic rings. The SMILES string of the molecule is C[C@H](N)[C@@H]1CCCCN1S(=O)(=O)c1cc(F)ccc1Br. The summed E-state index contributed by atoms with van der Waals surface area (Å²) in [5, 5.41) is 0. The number of hydrogen-bond acceptors (Lipinski definition) is 3. The molecule has 1 aromatic rings. The highest BCUT2D eigenvalue weighted by Crippen LogP contribution is 2.31. The highest BCUT2D eigenvalue weighted by Gasteiger charge is 2.36. The third-order valence-corrected chi connectivity index (χ3v) is 6.50. The smallest absolute Gasteiger partial charge is 0.244 e. The van der Waals surface area contributed by atoms with E-state index >= 15 is 0 Å². The summed E-state index contributed by atoms with van der Waals surface area (Å²) in [6.45, 7) is 2.23. The van der Waals surface area contributed by atoms with E-state index in [1.165, 1.54) is 16.4 Å². The van der Waals surface area contributed by atoms with Crippen LogP contribution in [0.15, 0.2) is 27.6 Å². The lowest BCUT2D eigenvalue weighted by Crippen LogP contribution is -2.51. The van der Waals surface area contributed by atoms with Gasteiger partial charge in [0.1, 0.15) is 5.82 Å². The van der Waals surface area contributed by atoms with Crippen molar-refractivity contribution < 1.29 is 12.8 Å². The molecule has 1 aromatic carbocycles. The fraction of sp³-hybridized carbons (Fsp3) is 0.538. The number of hydrogen-bond donors (Lipinski definition) is 1. The maximum absolute atomic E-state index is 13.4. The summed E-state index contributed by atoms with van der Waals surface area (Å²) < 4.78 is 40.7. The molecule has 2 N–H and O–H groups in total. The van der Waals surface area contributed by atoms with Gasteiger partial charge in [0.15, 0.2) is 0 Å². The molecule has 7 heteroatoms. The Balaban J connectivity index is 2.45. The molecular weight excluding hydrogens is 347 g/mol. The third-order valence-electron chi connectivity index (χ3n) is 3.59. The minimum atomic E-state index is -3.74. The number of nitrogens with zero attached hydrogens (tertiary/aromatic N) is 1. The number of benzene rings is 1. The van der Waals surface area contributed by atoms with Gasteiger partial charge in [-0.15, -0.1) is 0 Å². The number of halogens is 2. The van der Waals surface area contributed by atoms with Crippen molar-refractivity contribution in [1.82, 2.24) is 4.31 Å². The zero-order valence-corrected chi connectivity index (χ0v) is 13.6. The molecule has 1 saturated heterocycles. The Labute approximate surface area is 127 Å². The summed E-state index contributed by atoms with van der Waals surface area (Å²) >= 11 is 3.19. The molecule has 20 heavy (non-hydrogen) atoms. The molecule has 0 radical (unpaired) electrons. The van der Waals surface area contributed by atoms with Crippen LogP contribution < -0.4 is 5.73 Å². The standard InChI is InChI=1S/C13H18BrFN2O2S/c1-9(16)12-4-2-3-7-17(12)20(18,19)13-8-10(15)5-6-11(13)14/h5-6,8-9,12H,2-4,7,16H2,1H3/t9-,12-/m0/s1. The lowest BCUT2D eigenvalue weighted by atomic mass is 10.00. The van der Waals surface area contributed by atoms with Crippen molar-refractivity contribution in [3.05, 3.63) is 28.5 Å². The summed E-state index contributed by atoms with van der Waals surface area (Å²) in [4.78, 5) is -0.0370. The minimum Gasteiger partial charge on any atom is -0.326 e. The van der Waals surface area contributed by atoms with E-state index in [9.17, 15) is 12.8 Å². The highest BCUT2D eigenvalue weighted by molar-refractivity contribution is 9.10. The second kappa shape index (κ2) is 6.09. The Kier molecular flexibility index (Phi) is 4.84. The van der Waals surface area contributed by atoms with Crippen LogP contribution in [-0.2, 0) is 10.0 Å². The van der Waals surface area contributed by atoms with E-state index in [1.807, 2.05) is 0 Å². The number of piperidine rings is 1. The van der Waals surface area contributed by atoms with Gasteiger partial charge in [-0.3, -0.25) is 0 Å². The van der Waals surface area contributed by atoms with Crippen LogP contribution in [0.3, 0.4) is 0 Å². The second-order valence-corrected chi connectivity index (χ2v) is 7.83. The Hall–Kier alpha value is -0.500. The average molecular weight is 365 g/mol. The van der Waals surface area contributed by atoms with Crippen molar-refractivity contribution >= 4 is 26.0 Å². The lowest BCUT2D eigenvalue weighted by molar-refractivity contribution is 0.227. The van der Waals surface area contributed by atoms with Crippen LogP contribution in [0.1, 0.15) is 26.2 Å². The number of nitrogens with two attached hydrogens (primary N) is 1. The molecule has 1 fully saturated rings. The van der Waals surface area contributed by atoms with Crippen molar-refractivity contribution in [3.8, 4) is 0 Å². The van der Waals surface area contributed by atoms with Crippen molar-refractivity contribution in [3.63, 3.8) is 0 Å². The van der Waals surface area contributed by atoms with E-state index in [-0.39, 0.29) is 17.0 Å². The molecule has 2 rings (SSSR count). The molecule has 4 nitrogen and oxygen atoms in total. The van der Waals surface area contributed by atoms with Crippen molar-refractivity contribution in [1.29, 1.82) is 0 Å². The summed E-state index contributed by atoms with van der Waals surface area (Å²) in [6, 6.07) is 3.20. The van der Waals surface area contributed by atoms with Crippen molar-refractivity contribution in [2.75, 3.05) is 6.54 Å². The molecule has 112 valence electrons. The predicted octanol–water partition coefficient (Wildman–Crippen LogP) is 2.48. The zero-order valence-electron chi connectivity index (χ0n) is 11.2. The first-order valence-electron chi connectivity index (χ1n) is 6.56. The van der Waals surface area contributed by atoms with Crippen LogP contribution in [0.2, 0.25) is 0 Å². The third kappa shape index (κ3) is 3.05. The largest absolute Gasteiger partial charge is 0.326 e. The molecule has 0 aliphatic carbocycles. The quantitative estimate of drug-likeness (QED) is 0.895. The van der Waals surface area contributed by atoms with Gasteiger partial charge in [-0.2, -0.15) is 4.31 Å². The number of rotatable bonds is 3. The summed E-state index contributed by atoms with van der Waals surface area (Å²) in [5.41, 5.74) is 5.91. The van der Waals surface area contributed by atoms with Crippen LogP contribution in [-0.4, -0.2) is 31.4 Å². The van der Waals surface area contributed by atoms with Crippen LogP contribution in [0.5, 0.6) is 0 Å². The summed E-state index contributed by atoms with van der Waals surface area (Å²) in [5.74, 6) is -0.568. The van der Waals surface area contributed by atoms with Gasteiger partial charge in [0.05, 0.1) is 4.90 Å². The monoisotopic (exact) mass is 364 g/mol. The molecule has 0 unspecified atom stereocenters. The van der Waals surface area contributed by atoms with E-state index < -0.39 is 15.8 Å². The average Bonchev–Trinajstić information content (AvgIpc) is 2.41. The van der Waals surface area contributed by atoms with Gasteiger partial charge >= 0.3 is 0 Å². The van der Waals surface area contributed by atoms with E-state index in [0.29, 0.717) is 11.0 Å². The first kappa shape index (κ1) is 15.9. The normalized spacial score (nSPS) is 22.7. The fourth-order valence-corrected chi connectivity index (χ4v) is 5.27. The molecule has 0 spiro atoms. The lowest BCUT2D eigenvalue weighted by Gasteiger charge is -2.37. The van der Waals surface area contributed by atoms with Crippen LogP contribution in [0.4, 0.5) is 4.39 Å².